The molecule has 1 saturated heterocycles. The average molecular weight is 324 g/mol. The fourth-order valence-electron chi connectivity index (χ4n) is 2.40. The maximum Gasteiger partial charge on any atom is 0.416 e. The first-order valence-corrected chi connectivity index (χ1v) is 6.86. The number of nitrogens with one attached hydrogen (secondary N) is 1. The molecule has 0 spiro atoms. The first-order valence-electron chi connectivity index (χ1n) is 6.86. The van der Waals surface area contributed by atoms with Gasteiger partial charge in [-0.15, -0.1) is 0 Å². The van der Waals surface area contributed by atoms with Gasteiger partial charge in [-0.25, -0.2) is 0 Å². The predicted molar refractivity (Wildman–Crippen MR) is 70.5 cm³/mol. The van der Waals surface area contributed by atoms with E-state index < -0.39 is 18.4 Å². The minimum absolute atomic E-state index is 0.0961. The topological polar surface area (TPSA) is 24.5 Å². The van der Waals surface area contributed by atoms with E-state index in [1.807, 2.05) is 4.90 Å². The standard InChI is InChI=1S/C14H17F5N2O/c15-13(16)22-9-12-8-21(6-5-20-12)7-10-1-3-11(4-2-10)14(17,18)19/h1-4,12-13,20H,5-9H2/t12-/m0/s1. The van der Waals surface area contributed by atoms with Gasteiger partial charge in [0.05, 0.1) is 12.2 Å². The van der Waals surface area contributed by atoms with Gasteiger partial charge in [0.2, 0.25) is 0 Å². The lowest BCUT2D eigenvalue weighted by Crippen LogP contribution is -2.52. The summed E-state index contributed by atoms with van der Waals surface area (Å²) >= 11 is 0. The van der Waals surface area contributed by atoms with Crippen molar-refractivity contribution < 1.29 is 26.7 Å². The van der Waals surface area contributed by atoms with Crippen LogP contribution in [0.5, 0.6) is 0 Å². The van der Waals surface area contributed by atoms with Gasteiger partial charge in [-0.05, 0) is 17.7 Å². The largest absolute Gasteiger partial charge is 0.416 e. The molecule has 0 unspecified atom stereocenters. The highest BCUT2D eigenvalue weighted by molar-refractivity contribution is 5.24. The van der Waals surface area contributed by atoms with E-state index in [0.717, 1.165) is 17.7 Å². The SMILES string of the molecule is FC(F)OC[C@@H]1CN(Cc2ccc(C(F)(F)F)cc2)CCN1. The zero-order chi connectivity index (χ0) is 16.2. The fourth-order valence-corrected chi connectivity index (χ4v) is 2.40. The van der Waals surface area contributed by atoms with Gasteiger partial charge < -0.3 is 10.1 Å². The van der Waals surface area contributed by atoms with Crippen LogP contribution in [0.25, 0.3) is 0 Å². The minimum Gasteiger partial charge on any atom is -0.321 e. The van der Waals surface area contributed by atoms with E-state index in [4.69, 9.17) is 0 Å². The van der Waals surface area contributed by atoms with Crippen molar-refractivity contribution in [1.82, 2.24) is 10.2 Å². The third-order valence-electron chi connectivity index (χ3n) is 3.45. The van der Waals surface area contributed by atoms with Crippen LogP contribution in [0.3, 0.4) is 0 Å². The van der Waals surface area contributed by atoms with Crippen LogP contribution in [0.1, 0.15) is 11.1 Å². The number of alkyl halides is 5. The lowest BCUT2D eigenvalue weighted by Gasteiger charge is -2.33. The van der Waals surface area contributed by atoms with Gasteiger partial charge in [-0.3, -0.25) is 4.90 Å². The van der Waals surface area contributed by atoms with Gasteiger partial charge in [-0.1, -0.05) is 12.1 Å². The van der Waals surface area contributed by atoms with Crippen molar-refractivity contribution in [3.8, 4) is 0 Å². The summed E-state index contributed by atoms with van der Waals surface area (Å²) in [5.74, 6) is 0. The Balaban J connectivity index is 1.87. The maximum atomic E-state index is 12.5. The Kier molecular flexibility index (Phi) is 5.71. The summed E-state index contributed by atoms with van der Waals surface area (Å²) in [6.45, 7) is -0.587. The molecular weight excluding hydrogens is 307 g/mol. The van der Waals surface area contributed by atoms with Gasteiger partial charge in [0.15, 0.2) is 0 Å². The van der Waals surface area contributed by atoms with Crippen LogP contribution in [-0.2, 0) is 17.5 Å². The molecule has 1 fully saturated rings. The van der Waals surface area contributed by atoms with E-state index in [2.05, 4.69) is 10.1 Å². The van der Waals surface area contributed by atoms with E-state index in [1.165, 1.54) is 12.1 Å². The summed E-state index contributed by atoms with van der Waals surface area (Å²) < 4.78 is 65.8. The highest BCUT2D eigenvalue weighted by Gasteiger charge is 2.30. The Morgan fingerprint density at radius 1 is 1.23 bits per heavy atom. The summed E-state index contributed by atoms with van der Waals surface area (Å²) in [5, 5.41) is 3.07. The second kappa shape index (κ2) is 7.34. The molecule has 1 aromatic carbocycles. The van der Waals surface area contributed by atoms with Gasteiger partial charge in [0, 0.05) is 32.2 Å². The summed E-state index contributed by atoms with van der Waals surface area (Å²) in [7, 11) is 0. The first-order chi connectivity index (χ1) is 10.3. The summed E-state index contributed by atoms with van der Waals surface area (Å²) in [5.41, 5.74) is 0.0724. The van der Waals surface area contributed by atoms with Gasteiger partial charge >= 0.3 is 12.8 Å². The van der Waals surface area contributed by atoms with Crippen molar-refractivity contribution in [1.29, 1.82) is 0 Å². The van der Waals surface area contributed by atoms with E-state index in [-0.39, 0.29) is 12.6 Å². The maximum absolute atomic E-state index is 12.5. The number of halogens is 5. The number of benzene rings is 1. The molecule has 0 aliphatic carbocycles. The molecule has 124 valence electrons. The molecule has 22 heavy (non-hydrogen) atoms. The van der Waals surface area contributed by atoms with Crippen molar-refractivity contribution >= 4 is 0 Å². The molecule has 0 radical (unpaired) electrons. The monoisotopic (exact) mass is 324 g/mol. The molecule has 1 N–H and O–H groups in total. The minimum atomic E-state index is -4.34. The molecule has 0 aromatic heterocycles. The van der Waals surface area contributed by atoms with E-state index in [0.29, 0.717) is 26.2 Å². The van der Waals surface area contributed by atoms with Crippen molar-refractivity contribution in [3.05, 3.63) is 35.4 Å². The zero-order valence-electron chi connectivity index (χ0n) is 11.7. The number of piperazine rings is 1. The Bertz CT molecular complexity index is 463. The molecular formula is C14H17F5N2O. The zero-order valence-corrected chi connectivity index (χ0v) is 11.7. The Labute approximate surface area is 125 Å². The Morgan fingerprint density at radius 2 is 1.91 bits per heavy atom. The quantitative estimate of drug-likeness (QED) is 0.843. The second-order valence-corrected chi connectivity index (χ2v) is 5.17. The molecule has 8 heteroatoms. The fraction of sp³-hybridized carbons (Fsp3) is 0.571. The smallest absolute Gasteiger partial charge is 0.321 e. The molecule has 2 rings (SSSR count). The highest BCUT2D eigenvalue weighted by Crippen LogP contribution is 2.29. The predicted octanol–water partition coefficient (Wildman–Crippen LogP) is 2.72. The molecule has 0 bridgehead atoms. The van der Waals surface area contributed by atoms with Crippen LogP contribution in [0.4, 0.5) is 22.0 Å². The number of hydrogen-bond donors (Lipinski definition) is 1. The van der Waals surface area contributed by atoms with Crippen LogP contribution in [0, 0.1) is 0 Å². The van der Waals surface area contributed by atoms with E-state index >= 15 is 0 Å². The molecule has 3 nitrogen and oxygen atoms in total. The molecule has 1 aromatic rings. The molecule has 0 amide bonds. The molecule has 1 heterocycles. The van der Waals surface area contributed by atoms with Crippen LogP contribution in [0.2, 0.25) is 0 Å². The van der Waals surface area contributed by atoms with E-state index in [1.54, 1.807) is 0 Å². The highest BCUT2D eigenvalue weighted by atomic mass is 19.4. The van der Waals surface area contributed by atoms with Crippen LogP contribution < -0.4 is 5.32 Å². The van der Waals surface area contributed by atoms with Crippen LogP contribution in [0.15, 0.2) is 24.3 Å². The third-order valence-corrected chi connectivity index (χ3v) is 3.45. The second-order valence-electron chi connectivity index (χ2n) is 5.17. The Morgan fingerprint density at radius 3 is 2.50 bits per heavy atom. The van der Waals surface area contributed by atoms with Crippen molar-refractivity contribution in [2.75, 3.05) is 26.2 Å². The average Bonchev–Trinajstić information content (AvgIpc) is 2.45. The lowest BCUT2D eigenvalue weighted by molar-refractivity contribution is -0.137. The molecule has 1 atom stereocenters. The van der Waals surface area contributed by atoms with E-state index in [9.17, 15) is 22.0 Å². The van der Waals surface area contributed by atoms with Gasteiger partial charge in [-0.2, -0.15) is 22.0 Å². The first kappa shape index (κ1) is 17.1. The number of hydrogen-bond acceptors (Lipinski definition) is 3. The normalized spacial score (nSPS) is 20.5. The van der Waals surface area contributed by atoms with Crippen LogP contribution >= 0.6 is 0 Å². The number of ether oxygens (including phenoxy) is 1. The van der Waals surface area contributed by atoms with Gasteiger partial charge in [0.1, 0.15) is 0 Å². The summed E-state index contributed by atoms with van der Waals surface area (Å²) in [6, 6.07) is 4.77. The summed E-state index contributed by atoms with van der Waals surface area (Å²) in [4.78, 5) is 2.00. The van der Waals surface area contributed by atoms with Crippen molar-refractivity contribution in [3.63, 3.8) is 0 Å². The number of rotatable bonds is 5. The molecule has 1 aliphatic heterocycles. The Hall–Kier alpha value is -1.25. The van der Waals surface area contributed by atoms with Gasteiger partial charge in [0.25, 0.3) is 0 Å². The summed E-state index contributed by atoms with van der Waals surface area (Å²) in [6.07, 6.45) is -4.34. The lowest BCUT2D eigenvalue weighted by atomic mass is 10.1. The molecule has 0 saturated carbocycles. The van der Waals surface area contributed by atoms with Crippen LogP contribution in [-0.4, -0.2) is 43.8 Å². The number of nitrogens with zero attached hydrogens (tertiary/aromatic N) is 1. The van der Waals surface area contributed by atoms with Crippen molar-refractivity contribution in [2.24, 2.45) is 0 Å². The third kappa shape index (κ3) is 5.19. The van der Waals surface area contributed by atoms with Crippen molar-refractivity contribution in [2.45, 2.75) is 25.4 Å². The molecule has 1 aliphatic rings.